The Labute approximate surface area is 176 Å². The van der Waals surface area contributed by atoms with Gasteiger partial charge in [0.05, 0.1) is 25.5 Å². The highest BCUT2D eigenvalue weighted by atomic mass is 35.5. The molecule has 0 aliphatic heterocycles. The van der Waals surface area contributed by atoms with E-state index in [1.165, 1.54) is 0 Å². The predicted molar refractivity (Wildman–Crippen MR) is 116 cm³/mol. The van der Waals surface area contributed by atoms with Gasteiger partial charge in [-0.2, -0.15) is 0 Å². The van der Waals surface area contributed by atoms with E-state index in [9.17, 15) is 4.79 Å². The fourth-order valence-electron chi connectivity index (χ4n) is 2.66. The quantitative estimate of drug-likeness (QED) is 0.541. The van der Waals surface area contributed by atoms with Crippen LogP contribution < -0.4 is 25.1 Å². The van der Waals surface area contributed by atoms with E-state index >= 15 is 0 Å². The molecule has 2 aromatic carbocycles. The first-order valence-electron chi connectivity index (χ1n) is 9.58. The molecular weight excluding hydrogens is 392 g/mol. The van der Waals surface area contributed by atoms with Crippen LogP contribution >= 0.6 is 11.6 Å². The highest BCUT2D eigenvalue weighted by Crippen LogP contribution is 2.39. The van der Waals surface area contributed by atoms with Crippen LogP contribution in [0.25, 0.3) is 5.70 Å². The maximum atomic E-state index is 12.8. The molecule has 2 N–H and O–H groups in total. The van der Waals surface area contributed by atoms with E-state index in [0.29, 0.717) is 47.7 Å². The number of nitrogens with one attached hydrogen (secondary N) is 2. The van der Waals surface area contributed by atoms with Crippen molar-refractivity contribution >= 4 is 23.2 Å². The van der Waals surface area contributed by atoms with Crippen molar-refractivity contribution in [2.75, 3.05) is 19.8 Å². The number of amides is 1. The fraction of sp³-hybridized carbons (Fsp3) is 0.318. The molecule has 0 saturated carbocycles. The first-order valence-corrected chi connectivity index (χ1v) is 9.96. The molecular formula is C22H27ClN2O4. The first-order chi connectivity index (χ1) is 14.0. The molecule has 2 rings (SSSR count). The Kier molecular flexibility index (Phi) is 8.68. The summed E-state index contributed by atoms with van der Waals surface area (Å²) >= 11 is 5.94. The number of allylic oxidation sites excluding steroid dienone is 1. The van der Waals surface area contributed by atoms with Crippen molar-refractivity contribution in [3.63, 3.8) is 0 Å². The highest BCUT2D eigenvalue weighted by Gasteiger charge is 2.18. The Morgan fingerprint density at radius 3 is 1.93 bits per heavy atom. The number of ether oxygens (including phenoxy) is 3. The minimum absolute atomic E-state index is 0.330. The standard InChI is InChI=1S/C22H27ClN2O4/c1-5-18(15-9-11-17(23)12-10-15)24-25-22(26)16-13-19(27-6-2)21(29-8-4)20(14-16)28-7-3/h5,9-14,24H,6-8H2,1-4H3,(H,25,26)/b18-5+. The minimum atomic E-state index is -0.330. The van der Waals surface area contributed by atoms with E-state index in [4.69, 9.17) is 25.8 Å². The van der Waals surface area contributed by atoms with Crippen molar-refractivity contribution in [2.24, 2.45) is 0 Å². The van der Waals surface area contributed by atoms with E-state index in [1.54, 1.807) is 24.3 Å². The van der Waals surface area contributed by atoms with Crippen LogP contribution in [0.15, 0.2) is 42.5 Å². The van der Waals surface area contributed by atoms with Crippen molar-refractivity contribution in [3.8, 4) is 17.2 Å². The normalized spacial score (nSPS) is 11.0. The Balaban J connectivity index is 2.23. The van der Waals surface area contributed by atoms with Crippen LogP contribution in [0.1, 0.15) is 43.6 Å². The van der Waals surface area contributed by atoms with Crippen LogP contribution in [-0.4, -0.2) is 25.7 Å². The van der Waals surface area contributed by atoms with Crippen molar-refractivity contribution in [1.82, 2.24) is 10.9 Å². The lowest BCUT2D eigenvalue weighted by atomic mass is 10.1. The number of carbonyl (C=O) groups excluding carboxylic acids is 1. The Bertz CT molecular complexity index is 823. The zero-order valence-electron chi connectivity index (χ0n) is 17.2. The molecule has 0 aromatic heterocycles. The molecule has 0 heterocycles. The molecule has 0 spiro atoms. The molecule has 0 unspecified atom stereocenters. The largest absolute Gasteiger partial charge is 0.490 e. The van der Waals surface area contributed by atoms with Crippen LogP contribution in [-0.2, 0) is 0 Å². The van der Waals surface area contributed by atoms with E-state index in [0.717, 1.165) is 11.3 Å². The summed E-state index contributed by atoms with van der Waals surface area (Å²) < 4.78 is 17.0. The lowest BCUT2D eigenvalue weighted by Gasteiger charge is -2.17. The molecule has 0 bridgehead atoms. The summed E-state index contributed by atoms with van der Waals surface area (Å²) in [5, 5.41) is 0.648. The molecule has 6 nitrogen and oxygen atoms in total. The van der Waals surface area contributed by atoms with Crippen molar-refractivity contribution < 1.29 is 19.0 Å². The third-order valence-electron chi connectivity index (χ3n) is 3.93. The van der Waals surface area contributed by atoms with Crippen molar-refractivity contribution in [3.05, 3.63) is 58.6 Å². The van der Waals surface area contributed by atoms with Gasteiger partial charge in [0, 0.05) is 10.6 Å². The summed E-state index contributed by atoms with van der Waals surface area (Å²) in [6.07, 6.45) is 1.86. The molecule has 2 aromatic rings. The number of halogens is 1. The van der Waals surface area contributed by atoms with Gasteiger partial charge in [-0.1, -0.05) is 29.8 Å². The lowest BCUT2D eigenvalue weighted by molar-refractivity contribution is 0.0941. The van der Waals surface area contributed by atoms with E-state index in [2.05, 4.69) is 10.9 Å². The second-order valence-electron chi connectivity index (χ2n) is 5.89. The van der Waals surface area contributed by atoms with Crippen molar-refractivity contribution in [2.45, 2.75) is 27.7 Å². The Hall–Kier alpha value is -2.86. The number of hydrogen-bond donors (Lipinski definition) is 2. The summed E-state index contributed by atoms with van der Waals surface area (Å²) in [6.45, 7) is 8.83. The SMILES string of the molecule is C/C=C(/NNC(=O)c1cc(OCC)c(OCC)c(OCC)c1)c1ccc(Cl)cc1. The third kappa shape index (κ3) is 6.06. The van der Waals surface area contributed by atoms with Gasteiger partial charge < -0.3 is 14.2 Å². The molecule has 0 radical (unpaired) electrons. The van der Waals surface area contributed by atoms with Crippen LogP contribution in [0, 0.1) is 0 Å². The molecule has 1 amide bonds. The van der Waals surface area contributed by atoms with Gasteiger partial charge in [-0.3, -0.25) is 15.6 Å². The van der Waals surface area contributed by atoms with Crippen molar-refractivity contribution in [1.29, 1.82) is 0 Å². The van der Waals surface area contributed by atoms with Gasteiger partial charge in [0.1, 0.15) is 0 Å². The van der Waals surface area contributed by atoms with Gasteiger partial charge in [-0.15, -0.1) is 0 Å². The van der Waals surface area contributed by atoms with Crippen LogP contribution in [0.2, 0.25) is 5.02 Å². The summed E-state index contributed by atoms with van der Waals surface area (Å²) in [5.74, 6) is 1.10. The number of carbonyl (C=O) groups is 1. The second-order valence-corrected chi connectivity index (χ2v) is 6.33. The lowest BCUT2D eigenvalue weighted by Crippen LogP contribution is -2.36. The molecule has 0 fully saturated rings. The zero-order valence-corrected chi connectivity index (χ0v) is 17.9. The maximum absolute atomic E-state index is 12.8. The zero-order chi connectivity index (χ0) is 21.2. The van der Waals surface area contributed by atoms with E-state index < -0.39 is 0 Å². The topological polar surface area (TPSA) is 68.8 Å². The average molecular weight is 419 g/mol. The number of hydrazine groups is 1. The number of rotatable bonds is 10. The van der Waals surface area contributed by atoms with Crippen LogP contribution in [0.5, 0.6) is 17.2 Å². The molecule has 0 aliphatic carbocycles. The van der Waals surface area contributed by atoms with Gasteiger partial charge in [0.15, 0.2) is 11.5 Å². The first kappa shape index (κ1) is 22.4. The minimum Gasteiger partial charge on any atom is -0.490 e. The third-order valence-corrected chi connectivity index (χ3v) is 4.18. The Morgan fingerprint density at radius 2 is 1.45 bits per heavy atom. The molecule has 0 aliphatic rings. The van der Waals surface area contributed by atoms with E-state index in [1.807, 2.05) is 45.9 Å². The van der Waals surface area contributed by atoms with Crippen LogP contribution in [0.3, 0.4) is 0 Å². The maximum Gasteiger partial charge on any atom is 0.269 e. The fourth-order valence-corrected chi connectivity index (χ4v) is 2.78. The molecule has 156 valence electrons. The van der Waals surface area contributed by atoms with E-state index in [-0.39, 0.29) is 5.91 Å². The highest BCUT2D eigenvalue weighted by molar-refractivity contribution is 6.30. The smallest absolute Gasteiger partial charge is 0.269 e. The number of hydrogen-bond acceptors (Lipinski definition) is 5. The Morgan fingerprint density at radius 1 is 0.897 bits per heavy atom. The molecule has 29 heavy (non-hydrogen) atoms. The van der Waals surface area contributed by atoms with Gasteiger partial charge >= 0.3 is 0 Å². The molecule has 0 atom stereocenters. The monoisotopic (exact) mass is 418 g/mol. The summed E-state index contributed by atoms with van der Waals surface area (Å²) in [7, 11) is 0. The van der Waals surface area contributed by atoms with Gasteiger partial charge in [0.25, 0.3) is 5.91 Å². The predicted octanol–water partition coefficient (Wildman–Crippen LogP) is 4.83. The summed E-state index contributed by atoms with van der Waals surface area (Å²) in [6, 6.07) is 10.6. The second kappa shape index (κ2) is 11.2. The van der Waals surface area contributed by atoms with Gasteiger partial charge in [-0.05, 0) is 57.5 Å². The van der Waals surface area contributed by atoms with Gasteiger partial charge in [-0.25, -0.2) is 0 Å². The average Bonchev–Trinajstić information content (AvgIpc) is 2.72. The molecule has 7 heteroatoms. The summed E-state index contributed by atoms with van der Waals surface area (Å²) in [4.78, 5) is 12.8. The van der Waals surface area contributed by atoms with Crippen LogP contribution in [0.4, 0.5) is 0 Å². The summed E-state index contributed by atoms with van der Waals surface area (Å²) in [5.41, 5.74) is 7.69. The van der Waals surface area contributed by atoms with Gasteiger partial charge in [0.2, 0.25) is 5.75 Å². The molecule has 0 saturated heterocycles. The number of benzene rings is 2.